The predicted octanol–water partition coefficient (Wildman–Crippen LogP) is 4.48. The molecule has 1 aromatic carbocycles. The van der Waals surface area contributed by atoms with Gasteiger partial charge in [0.15, 0.2) is 0 Å². The van der Waals surface area contributed by atoms with Crippen molar-refractivity contribution in [2.45, 2.75) is 25.3 Å². The monoisotopic (exact) mass is 337 g/mol. The number of carbonyl (C=O) groups excluding carboxylic acids is 1. The Morgan fingerprint density at radius 3 is 2.62 bits per heavy atom. The van der Waals surface area contributed by atoms with Gasteiger partial charge in [0.25, 0.3) is 5.91 Å². The second kappa shape index (κ2) is 6.21. The first-order valence-electron chi connectivity index (χ1n) is 8.03. The van der Waals surface area contributed by atoms with Crippen molar-refractivity contribution in [3.63, 3.8) is 0 Å². The van der Waals surface area contributed by atoms with Gasteiger partial charge in [0.2, 0.25) is 0 Å². The van der Waals surface area contributed by atoms with Crippen LogP contribution in [0.5, 0.6) is 0 Å². The summed E-state index contributed by atoms with van der Waals surface area (Å²) in [5, 5.41) is 1.41. The summed E-state index contributed by atoms with van der Waals surface area (Å²) < 4.78 is 0. The standard InChI is InChI=1S/C19H16ClN3O/c20-17-10-9-14(12-22-17)19(24)23(15-6-2-7-15)16-8-1-4-13-5-3-11-21-18(13)16/h1,3-5,8-12,15H,2,6-7H2. The van der Waals surface area contributed by atoms with Crippen LogP contribution in [0.15, 0.2) is 54.9 Å². The summed E-state index contributed by atoms with van der Waals surface area (Å²) in [6, 6.07) is 13.5. The third-order valence-corrected chi connectivity index (χ3v) is 4.73. The summed E-state index contributed by atoms with van der Waals surface area (Å²) in [5.41, 5.74) is 2.25. The molecule has 4 rings (SSSR count). The van der Waals surface area contributed by atoms with E-state index in [1.54, 1.807) is 18.3 Å². The topological polar surface area (TPSA) is 46.1 Å². The minimum absolute atomic E-state index is 0.0537. The van der Waals surface area contributed by atoms with Crippen LogP contribution in [-0.4, -0.2) is 21.9 Å². The van der Waals surface area contributed by atoms with Crippen molar-refractivity contribution in [1.82, 2.24) is 9.97 Å². The first kappa shape index (κ1) is 15.1. The maximum atomic E-state index is 13.1. The number of rotatable bonds is 3. The number of amides is 1. The van der Waals surface area contributed by atoms with E-state index in [-0.39, 0.29) is 11.9 Å². The molecule has 120 valence electrons. The Balaban J connectivity index is 1.82. The van der Waals surface area contributed by atoms with Crippen molar-refractivity contribution >= 4 is 34.1 Å². The van der Waals surface area contributed by atoms with Gasteiger partial charge in [0.1, 0.15) is 5.15 Å². The molecule has 1 aliphatic carbocycles. The molecule has 0 saturated heterocycles. The molecular weight excluding hydrogens is 322 g/mol. The fraction of sp³-hybridized carbons (Fsp3) is 0.211. The zero-order valence-corrected chi connectivity index (χ0v) is 13.8. The molecule has 0 N–H and O–H groups in total. The van der Waals surface area contributed by atoms with Crippen molar-refractivity contribution in [3.05, 3.63) is 65.6 Å². The number of fused-ring (bicyclic) bond motifs is 1. The van der Waals surface area contributed by atoms with E-state index in [4.69, 9.17) is 11.6 Å². The third-order valence-electron chi connectivity index (χ3n) is 4.50. The van der Waals surface area contributed by atoms with E-state index in [2.05, 4.69) is 9.97 Å². The normalized spacial score (nSPS) is 14.4. The van der Waals surface area contributed by atoms with E-state index in [1.165, 1.54) is 6.20 Å². The van der Waals surface area contributed by atoms with Gasteiger partial charge in [-0.3, -0.25) is 9.78 Å². The molecule has 1 saturated carbocycles. The van der Waals surface area contributed by atoms with Gasteiger partial charge in [-0.15, -0.1) is 0 Å². The Bertz CT molecular complexity index is 885. The lowest BCUT2D eigenvalue weighted by Crippen LogP contribution is -2.44. The number of anilines is 1. The maximum Gasteiger partial charge on any atom is 0.260 e. The molecule has 2 aromatic heterocycles. The van der Waals surface area contributed by atoms with Crippen molar-refractivity contribution in [3.8, 4) is 0 Å². The van der Waals surface area contributed by atoms with E-state index in [1.807, 2.05) is 35.2 Å². The SMILES string of the molecule is O=C(c1ccc(Cl)nc1)N(c1cccc2cccnc12)C1CCC1. The number of halogens is 1. The highest BCUT2D eigenvalue weighted by Gasteiger charge is 2.32. The van der Waals surface area contributed by atoms with Crippen LogP contribution in [0.3, 0.4) is 0 Å². The van der Waals surface area contributed by atoms with E-state index in [9.17, 15) is 4.79 Å². The van der Waals surface area contributed by atoms with Gasteiger partial charge in [-0.05, 0) is 43.5 Å². The van der Waals surface area contributed by atoms with Crippen LogP contribution >= 0.6 is 11.6 Å². The fourth-order valence-corrected chi connectivity index (χ4v) is 3.15. The molecule has 3 aromatic rings. The van der Waals surface area contributed by atoms with Crippen LogP contribution in [0.2, 0.25) is 5.15 Å². The van der Waals surface area contributed by atoms with Crippen LogP contribution in [-0.2, 0) is 0 Å². The van der Waals surface area contributed by atoms with Gasteiger partial charge in [-0.25, -0.2) is 4.98 Å². The summed E-state index contributed by atoms with van der Waals surface area (Å²) in [4.78, 5) is 23.6. The highest BCUT2D eigenvalue weighted by molar-refractivity contribution is 6.29. The minimum atomic E-state index is -0.0537. The lowest BCUT2D eigenvalue weighted by atomic mass is 9.90. The number of nitrogens with zero attached hydrogens (tertiary/aromatic N) is 3. The van der Waals surface area contributed by atoms with Crippen molar-refractivity contribution in [1.29, 1.82) is 0 Å². The molecule has 5 heteroatoms. The average Bonchev–Trinajstić information content (AvgIpc) is 2.58. The summed E-state index contributed by atoms with van der Waals surface area (Å²) in [7, 11) is 0. The van der Waals surface area contributed by atoms with Gasteiger partial charge in [-0.2, -0.15) is 0 Å². The molecule has 0 radical (unpaired) electrons. The predicted molar refractivity (Wildman–Crippen MR) is 95.4 cm³/mol. The van der Waals surface area contributed by atoms with Crippen LogP contribution < -0.4 is 4.90 Å². The van der Waals surface area contributed by atoms with Crippen LogP contribution in [0.1, 0.15) is 29.6 Å². The second-order valence-electron chi connectivity index (χ2n) is 5.98. The fourth-order valence-electron chi connectivity index (χ4n) is 3.04. The maximum absolute atomic E-state index is 13.1. The largest absolute Gasteiger partial charge is 0.303 e. The Labute approximate surface area is 145 Å². The first-order chi connectivity index (χ1) is 11.7. The van der Waals surface area contributed by atoms with Crippen LogP contribution in [0.25, 0.3) is 10.9 Å². The van der Waals surface area contributed by atoms with Gasteiger partial charge < -0.3 is 4.90 Å². The highest BCUT2D eigenvalue weighted by Crippen LogP contribution is 2.34. The third kappa shape index (κ3) is 2.63. The first-order valence-corrected chi connectivity index (χ1v) is 8.41. The summed E-state index contributed by atoms with van der Waals surface area (Å²) in [6.45, 7) is 0. The van der Waals surface area contributed by atoms with Gasteiger partial charge in [-0.1, -0.05) is 29.8 Å². The number of hydrogen-bond donors (Lipinski definition) is 0. The van der Waals surface area contributed by atoms with E-state index in [0.29, 0.717) is 10.7 Å². The Morgan fingerprint density at radius 1 is 1.08 bits per heavy atom. The second-order valence-corrected chi connectivity index (χ2v) is 6.37. The number of carbonyl (C=O) groups is 1. The zero-order valence-electron chi connectivity index (χ0n) is 13.0. The molecule has 0 atom stereocenters. The number of benzene rings is 1. The molecular formula is C19H16ClN3O. The molecule has 0 unspecified atom stereocenters. The minimum Gasteiger partial charge on any atom is -0.303 e. The zero-order chi connectivity index (χ0) is 16.5. The van der Waals surface area contributed by atoms with Gasteiger partial charge >= 0.3 is 0 Å². The van der Waals surface area contributed by atoms with Gasteiger partial charge in [0, 0.05) is 23.8 Å². The summed E-state index contributed by atoms with van der Waals surface area (Å²) in [5.74, 6) is -0.0537. The quantitative estimate of drug-likeness (QED) is 0.662. The number of aromatic nitrogens is 2. The number of para-hydroxylation sites is 1. The molecule has 0 aliphatic heterocycles. The molecule has 1 aliphatic rings. The number of hydrogen-bond acceptors (Lipinski definition) is 3. The van der Waals surface area contributed by atoms with E-state index in [0.717, 1.165) is 35.9 Å². The molecule has 1 amide bonds. The summed E-state index contributed by atoms with van der Waals surface area (Å²) >= 11 is 5.85. The van der Waals surface area contributed by atoms with E-state index >= 15 is 0 Å². The van der Waals surface area contributed by atoms with Crippen molar-refractivity contribution in [2.75, 3.05) is 4.90 Å². The lowest BCUT2D eigenvalue weighted by Gasteiger charge is -2.37. The van der Waals surface area contributed by atoms with Crippen molar-refractivity contribution in [2.24, 2.45) is 0 Å². The number of pyridine rings is 2. The molecule has 0 bridgehead atoms. The Hall–Kier alpha value is -2.46. The molecule has 4 nitrogen and oxygen atoms in total. The average molecular weight is 338 g/mol. The summed E-state index contributed by atoms with van der Waals surface area (Å²) in [6.07, 6.45) is 6.46. The van der Waals surface area contributed by atoms with Crippen LogP contribution in [0.4, 0.5) is 5.69 Å². The Kier molecular flexibility index (Phi) is 3.90. The van der Waals surface area contributed by atoms with Gasteiger partial charge in [0.05, 0.1) is 16.8 Å². The molecule has 0 spiro atoms. The van der Waals surface area contributed by atoms with Crippen molar-refractivity contribution < 1.29 is 4.79 Å². The lowest BCUT2D eigenvalue weighted by molar-refractivity contribution is 0.0964. The van der Waals surface area contributed by atoms with Crippen LogP contribution in [0, 0.1) is 0 Å². The molecule has 2 heterocycles. The Morgan fingerprint density at radius 2 is 1.92 bits per heavy atom. The van der Waals surface area contributed by atoms with E-state index < -0.39 is 0 Å². The molecule has 24 heavy (non-hydrogen) atoms. The highest BCUT2D eigenvalue weighted by atomic mass is 35.5. The molecule has 1 fully saturated rings. The smallest absolute Gasteiger partial charge is 0.260 e.